The molecule has 0 spiro atoms. The van der Waals surface area contributed by atoms with Gasteiger partial charge in [0.1, 0.15) is 0 Å². The number of rotatable bonds is 1. The molecule has 0 radical (unpaired) electrons. The first kappa shape index (κ1) is 5.28. The van der Waals surface area contributed by atoms with Crippen molar-refractivity contribution < 1.29 is 0 Å². The number of hydrogen-bond acceptors (Lipinski definition) is 0. The fourth-order valence-electron chi connectivity index (χ4n) is 1.52. The summed E-state index contributed by atoms with van der Waals surface area (Å²) in [6, 6.07) is 0. The molecule has 2 aliphatic rings. The molecule has 0 aromatic rings. The van der Waals surface area contributed by atoms with E-state index in [9.17, 15) is 0 Å². The molecular weight excluding hydrogens is 108 g/mol. The summed E-state index contributed by atoms with van der Waals surface area (Å²) in [5.41, 5.74) is 3.19. The first-order valence-electron chi connectivity index (χ1n) is 3.81. The first-order valence-corrected chi connectivity index (χ1v) is 3.81. The molecule has 9 heavy (non-hydrogen) atoms. The molecule has 2 aliphatic carbocycles. The van der Waals surface area contributed by atoms with Crippen molar-refractivity contribution in [3.8, 4) is 0 Å². The lowest BCUT2D eigenvalue weighted by Crippen LogP contribution is -1.99. The molecule has 1 atom stereocenters. The molecule has 48 valence electrons. The maximum absolute atomic E-state index is 2.38. The molecule has 0 saturated carbocycles. The summed E-state index contributed by atoms with van der Waals surface area (Å²) in [5, 5.41) is 0. The zero-order chi connectivity index (χ0) is 6.27. The largest absolute Gasteiger partial charge is 0.0767 e. The van der Waals surface area contributed by atoms with E-state index in [1.165, 1.54) is 19.3 Å². The van der Waals surface area contributed by atoms with Crippen molar-refractivity contribution in [1.82, 2.24) is 0 Å². The monoisotopic (exact) mass is 120 g/mol. The average molecular weight is 120 g/mol. The maximum Gasteiger partial charge on any atom is -0.0241 e. The van der Waals surface area contributed by atoms with E-state index in [4.69, 9.17) is 0 Å². The Kier molecular flexibility index (Phi) is 1.01. The minimum atomic E-state index is 0.961. The van der Waals surface area contributed by atoms with Crippen LogP contribution < -0.4 is 0 Å². The van der Waals surface area contributed by atoms with Gasteiger partial charge < -0.3 is 0 Å². The molecule has 0 unspecified atom stereocenters. The van der Waals surface area contributed by atoms with Gasteiger partial charge in [-0.3, -0.25) is 0 Å². The highest BCUT2D eigenvalue weighted by atomic mass is 14.3. The lowest BCUT2D eigenvalue weighted by molar-refractivity contribution is 0.510. The van der Waals surface area contributed by atoms with Gasteiger partial charge in [0.05, 0.1) is 0 Å². The van der Waals surface area contributed by atoms with Crippen LogP contribution in [-0.4, -0.2) is 0 Å². The van der Waals surface area contributed by atoms with E-state index < -0.39 is 0 Å². The molecule has 0 aliphatic heterocycles. The summed E-state index contributed by atoms with van der Waals surface area (Å²) in [5.74, 6) is 0.961. The first-order chi connectivity index (χ1) is 4.40. The molecule has 0 nitrogen and oxygen atoms in total. The van der Waals surface area contributed by atoms with Crippen LogP contribution in [0.4, 0.5) is 0 Å². The van der Waals surface area contributed by atoms with Crippen molar-refractivity contribution in [2.24, 2.45) is 5.92 Å². The van der Waals surface area contributed by atoms with E-state index in [-0.39, 0.29) is 0 Å². The number of allylic oxidation sites excluding steroid dienone is 4. The van der Waals surface area contributed by atoms with E-state index in [0.29, 0.717) is 0 Å². The average Bonchev–Trinajstić information content (AvgIpc) is 2.64. The Morgan fingerprint density at radius 1 is 1.67 bits per heavy atom. The summed E-state index contributed by atoms with van der Waals surface area (Å²) in [6.45, 7) is 2.28. The van der Waals surface area contributed by atoms with Crippen LogP contribution in [0.5, 0.6) is 0 Å². The molecule has 0 amide bonds. The Morgan fingerprint density at radius 3 is 3.22 bits per heavy atom. The van der Waals surface area contributed by atoms with Crippen molar-refractivity contribution in [2.75, 3.05) is 0 Å². The second-order valence-corrected chi connectivity index (χ2v) is 3.04. The van der Waals surface area contributed by atoms with Gasteiger partial charge in [0.15, 0.2) is 0 Å². The van der Waals surface area contributed by atoms with Gasteiger partial charge in [0.2, 0.25) is 0 Å². The molecule has 0 aromatic heterocycles. The fourth-order valence-corrected chi connectivity index (χ4v) is 1.52. The minimum Gasteiger partial charge on any atom is -0.0767 e. The zero-order valence-corrected chi connectivity index (χ0v) is 5.85. The van der Waals surface area contributed by atoms with Gasteiger partial charge in [-0.15, -0.1) is 0 Å². The summed E-state index contributed by atoms with van der Waals surface area (Å²) in [4.78, 5) is 0. The highest BCUT2D eigenvalue weighted by Gasteiger charge is 2.23. The normalized spacial score (nSPS) is 30.6. The zero-order valence-electron chi connectivity index (χ0n) is 5.85. The number of hydrogen-bond donors (Lipinski definition) is 0. The van der Waals surface area contributed by atoms with Gasteiger partial charge in [-0.2, -0.15) is 0 Å². The van der Waals surface area contributed by atoms with Gasteiger partial charge in [0.25, 0.3) is 0 Å². The van der Waals surface area contributed by atoms with Crippen LogP contribution in [0.2, 0.25) is 0 Å². The molecule has 0 heterocycles. The number of fused-ring (bicyclic) bond motifs is 1. The van der Waals surface area contributed by atoms with Gasteiger partial charge in [-0.1, -0.05) is 25.5 Å². The molecule has 0 saturated heterocycles. The van der Waals surface area contributed by atoms with E-state index in [2.05, 4.69) is 19.1 Å². The summed E-state index contributed by atoms with van der Waals surface area (Å²) in [7, 11) is 0. The smallest absolute Gasteiger partial charge is 0.0241 e. The topological polar surface area (TPSA) is 0 Å². The Hall–Kier alpha value is -0.520. The predicted molar refractivity (Wildman–Crippen MR) is 39.2 cm³/mol. The highest BCUT2D eigenvalue weighted by Crippen LogP contribution is 2.40. The third-order valence-corrected chi connectivity index (χ3v) is 2.37. The van der Waals surface area contributed by atoms with Crippen LogP contribution in [0.25, 0.3) is 0 Å². The van der Waals surface area contributed by atoms with Crippen LogP contribution >= 0.6 is 0 Å². The van der Waals surface area contributed by atoms with Gasteiger partial charge in [-0.05, 0) is 29.9 Å². The third-order valence-electron chi connectivity index (χ3n) is 2.37. The predicted octanol–water partition coefficient (Wildman–Crippen LogP) is 2.67. The Bertz CT molecular complexity index is 184. The lowest BCUT2D eigenvalue weighted by Gasteiger charge is -2.13. The maximum atomic E-state index is 2.38. The van der Waals surface area contributed by atoms with E-state index in [0.717, 1.165) is 5.92 Å². The SMILES string of the molecule is CC[C@@H]1CC=C2C=C2C1. The molecule has 0 aromatic carbocycles. The van der Waals surface area contributed by atoms with Gasteiger partial charge in [-0.25, -0.2) is 0 Å². The lowest BCUT2D eigenvalue weighted by atomic mass is 9.92. The summed E-state index contributed by atoms with van der Waals surface area (Å²) < 4.78 is 0. The van der Waals surface area contributed by atoms with Gasteiger partial charge >= 0.3 is 0 Å². The van der Waals surface area contributed by atoms with Crippen molar-refractivity contribution in [2.45, 2.75) is 26.2 Å². The molecular formula is C9H12. The summed E-state index contributed by atoms with van der Waals surface area (Å²) >= 11 is 0. The van der Waals surface area contributed by atoms with Crippen LogP contribution in [0.3, 0.4) is 0 Å². The fraction of sp³-hybridized carbons (Fsp3) is 0.556. The Balaban J connectivity index is 2.05. The second-order valence-electron chi connectivity index (χ2n) is 3.04. The van der Waals surface area contributed by atoms with E-state index in [1.807, 2.05) is 0 Å². The van der Waals surface area contributed by atoms with Crippen LogP contribution in [-0.2, 0) is 0 Å². The highest BCUT2D eigenvalue weighted by molar-refractivity contribution is 5.58. The Labute approximate surface area is 56.3 Å². The van der Waals surface area contributed by atoms with E-state index >= 15 is 0 Å². The molecule has 0 N–H and O–H groups in total. The third kappa shape index (κ3) is 0.827. The van der Waals surface area contributed by atoms with Crippen molar-refractivity contribution in [1.29, 1.82) is 0 Å². The van der Waals surface area contributed by atoms with Crippen LogP contribution in [0.15, 0.2) is 23.3 Å². The van der Waals surface area contributed by atoms with Gasteiger partial charge in [0, 0.05) is 0 Å². The standard InChI is InChI=1S/C9H12/c1-2-7-3-4-8-6-9(8)5-7/h4,6-7H,2-3,5H2,1H3/t7-/m1/s1. The molecule has 0 bridgehead atoms. The molecule has 0 fully saturated rings. The van der Waals surface area contributed by atoms with E-state index in [1.54, 1.807) is 11.1 Å². The second kappa shape index (κ2) is 1.73. The van der Waals surface area contributed by atoms with Crippen LogP contribution in [0.1, 0.15) is 26.2 Å². The van der Waals surface area contributed by atoms with Crippen molar-refractivity contribution >= 4 is 0 Å². The minimum absolute atomic E-state index is 0.961. The van der Waals surface area contributed by atoms with Crippen molar-refractivity contribution in [3.05, 3.63) is 23.3 Å². The summed E-state index contributed by atoms with van der Waals surface area (Å²) in [6.07, 6.45) is 8.73. The quantitative estimate of drug-likeness (QED) is 0.499. The Morgan fingerprint density at radius 2 is 2.56 bits per heavy atom. The molecule has 0 heteroatoms. The van der Waals surface area contributed by atoms with Crippen molar-refractivity contribution in [3.63, 3.8) is 0 Å². The molecule has 2 rings (SSSR count). The van der Waals surface area contributed by atoms with Crippen LogP contribution in [0, 0.1) is 5.92 Å².